The van der Waals surface area contributed by atoms with E-state index in [0.29, 0.717) is 6.10 Å². The summed E-state index contributed by atoms with van der Waals surface area (Å²) in [6.07, 6.45) is 11.8. The van der Waals surface area contributed by atoms with Crippen molar-refractivity contribution in [3.63, 3.8) is 0 Å². The Morgan fingerprint density at radius 2 is 2.12 bits per heavy atom. The Bertz CT molecular complexity index is 657. The lowest BCUT2D eigenvalue weighted by Crippen LogP contribution is -2.38. The lowest BCUT2D eigenvalue weighted by atomic mass is 9.75. The summed E-state index contributed by atoms with van der Waals surface area (Å²) in [5, 5.41) is 0. The van der Waals surface area contributed by atoms with Gasteiger partial charge in [-0.2, -0.15) is 0 Å². The molecule has 4 nitrogen and oxygen atoms in total. The molecule has 2 aliphatic rings. The summed E-state index contributed by atoms with van der Waals surface area (Å²) in [7, 11) is 0. The summed E-state index contributed by atoms with van der Waals surface area (Å²) in [5.74, 6) is 0. The van der Waals surface area contributed by atoms with Gasteiger partial charge >= 0.3 is 0 Å². The van der Waals surface area contributed by atoms with Crippen LogP contribution in [0.5, 0.6) is 0 Å². The third-order valence-corrected chi connectivity index (χ3v) is 5.83. The van der Waals surface area contributed by atoms with E-state index in [1.807, 2.05) is 6.20 Å². The topological polar surface area (TPSA) is 38.2 Å². The molecular formula is C21H27N3O. The lowest BCUT2D eigenvalue weighted by molar-refractivity contribution is -0.00187. The Labute approximate surface area is 150 Å². The predicted molar refractivity (Wildman–Crippen MR) is 98.1 cm³/mol. The molecule has 0 aliphatic carbocycles. The van der Waals surface area contributed by atoms with Crippen LogP contribution in [-0.4, -0.2) is 40.7 Å². The molecule has 2 saturated heterocycles. The monoisotopic (exact) mass is 337 g/mol. The van der Waals surface area contributed by atoms with Gasteiger partial charge < -0.3 is 4.74 Å². The second-order valence-corrected chi connectivity index (χ2v) is 7.51. The van der Waals surface area contributed by atoms with Crippen molar-refractivity contribution in [3.8, 4) is 0 Å². The van der Waals surface area contributed by atoms with Crippen LogP contribution >= 0.6 is 0 Å². The van der Waals surface area contributed by atoms with Gasteiger partial charge in [0.05, 0.1) is 11.8 Å². The molecule has 0 amide bonds. The first kappa shape index (κ1) is 16.7. The van der Waals surface area contributed by atoms with Crippen molar-refractivity contribution >= 4 is 0 Å². The van der Waals surface area contributed by atoms with Crippen molar-refractivity contribution in [1.82, 2.24) is 14.9 Å². The normalized spacial score (nSPS) is 27.0. The van der Waals surface area contributed by atoms with E-state index < -0.39 is 0 Å². The molecule has 1 aromatic carbocycles. The summed E-state index contributed by atoms with van der Waals surface area (Å²) in [6.45, 7) is 4.07. The number of hydrogen-bond donors (Lipinski definition) is 0. The van der Waals surface area contributed by atoms with E-state index >= 15 is 0 Å². The summed E-state index contributed by atoms with van der Waals surface area (Å²) >= 11 is 0. The molecule has 2 aliphatic heterocycles. The van der Waals surface area contributed by atoms with Gasteiger partial charge in [-0.1, -0.05) is 30.3 Å². The first-order valence-electron chi connectivity index (χ1n) is 9.47. The Balaban J connectivity index is 1.45. The van der Waals surface area contributed by atoms with Gasteiger partial charge in [0.2, 0.25) is 0 Å². The number of aromatic nitrogens is 2. The molecule has 2 unspecified atom stereocenters. The Morgan fingerprint density at radius 1 is 1.20 bits per heavy atom. The smallest absolute Gasteiger partial charge is 0.0726 e. The highest BCUT2D eigenvalue weighted by molar-refractivity contribution is 5.15. The maximum Gasteiger partial charge on any atom is 0.0726 e. The van der Waals surface area contributed by atoms with E-state index in [2.05, 4.69) is 45.2 Å². The zero-order valence-electron chi connectivity index (χ0n) is 14.8. The Hall–Kier alpha value is -1.78. The molecule has 2 fully saturated rings. The molecule has 1 aromatic heterocycles. The first-order chi connectivity index (χ1) is 12.3. The highest BCUT2D eigenvalue weighted by atomic mass is 16.5. The van der Waals surface area contributed by atoms with E-state index in [1.54, 1.807) is 12.4 Å². The van der Waals surface area contributed by atoms with Crippen LogP contribution in [-0.2, 0) is 17.7 Å². The largest absolute Gasteiger partial charge is 0.378 e. The van der Waals surface area contributed by atoms with Crippen LogP contribution in [0, 0.1) is 5.41 Å². The van der Waals surface area contributed by atoms with Crippen molar-refractivity contribution < 1.29 is 4.74 Å². The van der Waals surface area contributed by atoms with Crippen molar-refractivity contribution in [2.45, 2.75) is 44.8 Å². The van der Waals surface area contributed by atoms with Crippen molar-refractivity contribution in [2.75, 3.05) is 19.7 Å². The molecule has 4 heteroatoms. The third-order valence-electron chi connectivity index (χ3n) is 5.83. The van der Waals surface area contributed by atoms with Crippen molar-refractivity contribution in [1.29, 1.82) is 0 Å². The highest BCUT2D eigenvalue weighted by Crippen LogP contribution is 2.43. The minimum absolute atomic E-state index is 0.286. The fourth-order valence-electron chi connectivity index (χ4n) is 4.49. The first-order valence-corrected chi connectivity index (χ1v) is 9.47. The number of hydrogen-bond acceptors (Lipinski definition) is 4. The molecule has 0 bridgehead atoms. The van der Waals surface area contributed by atoms with Gasteiger partial charge in [-0.25, -0.2) is 0 Å². The van der Waals surface area contributed by atoms with E-state index in [-0.39, 0.29) is 5.41 Å². The molecule has 25 heavy (non-hydrogen) atoms. The van der Waals surface area contributed by atoms with Gasteiger partial charge in [-0.15, -0.1) is 0 Å². The Morgan fingerprint density at radius 3 is 2.88 bits per heavy atom. The van der Waals surface area contributed by atoms with E-state index in [4.69, 9.17) is 4.74 Å². The number of benzene rings is 1. The maximum atomic E-state index is 6.17. The van der Waals surface area contributed by atoms with Crippen LogP contribution in [0.3, 0.4) is 0 Å². The molecule has 132 valence electrons. The summed E-state index contributed by atoms with van der Waals surface area (Å²) in [4.78, 5) is 11.2. The summed E-state index contributed by atoms with van der Waals surface area (Å²) in [6, 6.07) is 10.9. The quantitative estimate of drug-likeness (QED) is 0.809. The number of nitrogens with zero attached hydrogens (tertiary/aromatic N) is 3. The van der Waals surface area contributed by atoms with Crippen LogP contribution in [0.25, 0.3) is 0 Å². The minimum atomic E-state index is 0.286. The van der Waals surface area contributed by atoms with Crippen LogP contribution in [0.15, 0.2) is 48.9 Å². The Kier molecular flexibility index (Phi) is 5.09. The van der Waals surface area contributed by atoms with E-state index in [1.165, 1.54) is 31.2 Å². The molecule has 2 atom stereocenters. The molecule has 0 spiro atoms. The second-order valence-electron chi connectivity index (χ2n) is 7.51. The number of aryl methyl sites for hydroxylation is 1. The molecule has 0 N–H and O–H groups in total. The minimum Gasteiger partial charge on any atom is -0.378 e. The van der Waals surface area contributed by atoms with Gasteiger partial charge in [0.1, 0.15) is 0 Å². The van der Waals surface area contributed by atoms with Crippen LogP contribution in [0.4, 0.5) is 0 Å². The van der Waals surface area contributed by atoms with Crippen molar-refractivity contribution in [3.05, 3.63) is 60.2 Å². The predicted octanol–water partition coefficient (Wildman–Crippen LogP) is 3.48. The number of likely N-dealkylation sites (tertiary alicyclic amines) is 1. The fraction of sp³-hybridized carbons (Fsp3) is 0.524. The number of ether oxygens (including phenoxy) is 1. The average molecular weight is 337 g/mol. The van der Waals surface area contributed by atoms with E-state index in [9.17, 15) is 0 Å². The fourth-order valence-corrected chi connectivity index (χ4v) is 4.49. The second kappa shape index (κ2) is 7.63. The molecule has 4 rings (SSSR count). The van der Waals surface area contributed by atoms with Crippen LogP contribution in [0.2, 0.25) is 0 Å². The van der Waals surface area contributed by atoms with Gasteiger partial charge in [0, 0.05) is 43.7 Å². The van der Waals surface area contributed by atoms with Gasteiger partial charge in [0.15, 0.2) is 0 Å². The van der Waals surface area contributed by atoms with Crippen molar-refractivity contribution in [2.24, 2.45) is 5.41 Å². The van der Waals surface area contributed by atoms with Crippen LogP contribution < -0.4 is 0 Å². The zero-order chi connectivity index (χ0) is 17.0. The number of rotatable bonds is 6. The average Bonchev–Trinajstić information content (AvgIpc) is 3.33. The third kappa shape index (κ3) is 3.91. The summed E-state index contributed by atoms with van der Waals surface area (Å²) in [5.41, 5.74) is 2.79. The SMILES string of the molecule is c1ccc(CCC2(C3CCCO3)CCN(Cc3cnccn3)C2)cc1. The van der Waals surface area contributed by atoms with E-state index in [0.717, 1.165) is 38.4 Å². The summed E-state index contributed by atoms with van der Waals surface area (Å²) < 4.78 is 6.17. The van der Waals surface area contributed by atoms with Gasteiger partial charge in [-0.3, -0.25) is 14.9 Å². The van der Waals surface area contributed by atoms with Crippen LogP contribution in [0.1, 0.15) is 36.9 Å². The molecule has 0 radical (unpaired) electrons. The van der Waals surface area contributed by atoms with Gasteiger partial charge in [-0.05, 0) is 44.2 Å². The zero-order valence-corrected chi connectivity index (χ0v) is 14.8. The molecular weight excluding hydrogens is 310 g/mol. The van der Waals surface area contributed by atoms with Gasteiger partial charge in [0.25, 0.3) is 0 Å². The molecule has 3 heterocycles. The molecule has 2 aromatic rings. The maximum absolute atomic E-state index is 6.17. The standard InChI is InChI=1S/C21H27N3O/c1-2-5-18(6-3-1)8-9-21(20-7-4-14-25-20)10-13-24(17-21)16-19-15-22-11-12-23-19/h1-3,5-6,11-12,15,20H,4,7-10,13-14,16-17H2. The highest BCUT2D eigenvalue weighted by Gasteiger charge is 2.45. The lowest BCUT2D eigenvalue weighted by Gasteiger charge is -2.35. The molecule has 0 saturated carbocycles.